The summed E-state index contributed by atoms with van der Waals surface area (Å²) in [6.07, 6.45) is 1.48. The Bertz CT molecular complexity index is 488. The molecule has 0 spiro atoms. The lowest BCUT2D eigenvalue weighted by molar-refractivity contribution is 0.419. The molecular formula is C12H11FN2O. The van der Waals surface area contributed by atoms with Gasteiger partial charge in [-0.15, -0.1) is 0 Å². The van der Waals surface area contributed by atoms with E-state index in [-0.39, 0.29) is 5.88 Å². The lowest BCUT2D eigenvalue weighted by Gasteiger charge is -2.08. The van der Waals surface area contributed by atoms with E-state index in [0.717, 1.165) is 5.56 Å². The van der Waals surface area contributed by atoms with Gasteiger partial charge >= 0.3 is 0 Å². The van der Waals surface area contributed by atoms with Gasteiger partial charge in [0.05, 0.1) is 0 Å². The number of hydrogen-bond donors (Lipinski definition) is 1. The number of nitrogens with zero attached hydrogens (tertiary/aromatic N) is 1. The molecule has 0 radical (unpaired) electrons. The smallest absolute Gasteiger partial charge is 0.255 e. The second-order valence-corrected chi connectivity index (χ2v) is 3.20. The fourth-order valence-electron chi connectivity index (χ4n) is 1.32. The Balaban J connectivity index is 2.30. The topological polar surface area (TPSA) is 48.1 Å². The highest BCUT2D eigenvalue weighted by Crippen LogP contribution is 2.24. The molecule has 0 aliphatic heterocycles. The number of aromatic nitrogens is 1. The van der Waals surface area contributed by atoms with Crippen LogP contribution < -0.4 is 10.5 Å². The molecule has 0 saturated carbocycles. The number of pyridine rings is 1. The lowest BCUT2D eigenvalue weighted by atomic mass is 10.2. The number of ether oxygens (including phenoxy) is 1. The Morgan fingerprint density at radius 3 is 2.75 bits per heavy atom. The summed E-state index contributed by atoms with van der Waals surface area (Å²) in [5.74, 6) is 0.000300. The Hall–Kier alpha value is -1.94. The van der Waals surface area contributed by atoms with Gasteiger partial charge in [0.2, 0.25) is 0 Å². The number of benzene rings is 1. The minimum absolute atomic E-state index is 0.0385. The number of rotatable bonds is 3. The molecule has 0 bridgehead atoms. The Labute approximate surface area is 92.7 Å². The summed E-state index contributed by atoms with van der Waals surface area (Å²) in [5.41, 5.74) is 6.36. The van der Waals surface area contributed by atoms with Crippen molar-refractivity contribution in [2.24, 2.45) is 5.73 Å². The van der Waals surface area contributed by atoms with Crippen LogP contribution in [0, 0.1) is 5.82 Å². The molecule has 2 N–H and O–H groups in total. The number of hydrogen-bond acceptors (Lipinski definition) is 3. The van der Waals surface area contributed by atoms with Gasteiger partial charge in [-0.2, -0.15) is 0 Å². The molecule has 0 aliphatic carbocycles. The molecular weight excluding hydrogens is 207 g/mol. The van der Waals surface area contributed by atoms with Crippen LogP contribution in [0.3, 0.4) is 0 Å². The molecule has 0 aliphatic rings. The van der Waals surface area contributed by atoms with Gasteiger partial charge < -0.3 is 10.5 Å². The molecule has 16 heavy (non-hydrogen) atoms. The van der Waals surface area contributed by atoms with Crippen LogP contribution in [-0.4, -0.2) is 4.98 Å². The maximum Gasteiger partial charge on any atom is 0.255 e. The standard InChI is InChI=1S/C12H11FN2O/c13-10-5-3-7-15-12(10)16-11-6-2-1-4-9(11)8-14/h1-7H,8,14H2. The van der Waals surface area contributed by atoms with Gasteiger partial charge in [-0.3, -0.25) is 0 Å². The van der Waals surface area contributed by atoms with Crippen molar-refractivity contribution in [3.63, 3.8) is 0 Å². The van der Waals surface area contributed by atoms with Crippen LogP contribution >= 0.6 is 0 Å². The van der Waals surface area contributed by atoms with Crippen molar-refractivity contribution < 1.29 is 9.13 Å². The second-order valence-electron chi connectivity index (χ2n) is 3.20. The molecule has 0 unspecified atom stereocenters. The maximum atomic E-state index is 13.3. The molecule has 1 aromatic heterocycles. The first-order chi connectivity index (χ1) is 7.81. The molecule has 1 aromatic carbocycles. The van der Waals surface area contributed by atoms with Crippen molar-refractivity contribution in [1.29, 1.82) is 0 Å². The zero-order valence-electron chi connectivity index (χ0n) is 8.56. The van der Waals surface area contributed by atoms with E-state index in [1.165, 1.54) is 18.3 Å². The zero-order chi connectivity index (χ0) is 11.4. The average Bonchev–Trinajstić information content (AvgIpc) is 2.33. The number of nitrogens with two attached hydrogens (primary N) is 1. The summed E-state index contributed by atoms with van der Waals surface area (Å²) in [7, 11) is 0. The van der Waals surface area contributed by atoms with Gasteiger partial charge in [0.25, 0.3) is 5.88 Å². The van der Waals surface area contributed by atoms with Crippen LogP contribution in [0.4, 0.5) is 4.39 Å². The van der Waals surface area contributed by atoms with Crippen LogP contribution in [-0.2, 0) is 6.54 Å². The van der Waals surface area contributed by atoms with Gasteiger partial charge in [0.1, 0.15) is 5.75 Å². The summed E-state index contributed by atoms with van der Waals surface area (Å²) in [6, 6.07) is 10.0. The zero-order valence-corrected chi connectivity index (χ0v) is 8.56. The molecule has 82 valence electrons. The Morgan fingerprint density at radius 1 is 1.19 bits per heavy atom. The van der Waals surface area contributed by atoms with E-state index < -0.39 is 5.82 Å². The highest BCUT2D eigenvalue weighted by atomic mass is 19.1. The Kier molecular flexibility index (Phi) is 3.12. The summed E-state index contributed by atoms with van der Waals surface area (Å²) in [6.45, 7) is 0.338. The average molecular weight is 218 g/mol. The van der Waals surface area contributed by atoms with Crippen molar-refractivity contribution in [2.45, 2.75) is 6.54 Å². The predicted octanol–water partition coefficient (Wildman–Crippen LogP) is 2.47. The van der Waals surface area contributed by atoms with E-state index in [0.29, 0.717) is 12.3 Å². The SMILES string of the molecule is NCc1ccccc1Oc1ncccc1F. The van der Waals surface area contributed by atoms with E-state index in [1.807, 2.05) is 12.1 Å². The van der Waals surface area contributed by atoms with Crippen LogP contribution in [0.1, 0.15) is 5.56 Å². The van der Waals surface area contributed by atoms with Crippen molar-refractivity contribution in [1.82, 2.24) is 4.98 Å². The monoisotopic (exact) mass is 218 g/mol. The second kappa shape index (κ2) is 4.72. The van der Waals surface area contributed by atoms with Crippen molar-refractivity contribution in [3.05, 3.63) is 54.0 Å². The molecule has 0 atom stereocenters. The van der Waals surface area contributed by atoms with Gasteiger partial charge in [0, 0.05) is 18.3 Å². The van der Waals surface area contributed by atoms with Crippen LogP contribution in [0.25, 0.3) is 0 Å². The molecule has 2 rings (SSSR count). The van der Waals surface area contributed by atoms with E-state index in [2.05, 4.69) is 4.98 Å². The van der Waals surface area contributed by atoms with Gasteiger partial charge in [-0.05, 0) is 18.2 Å². The third-order valence-corrected chi connectivity index (χ3v) is 2.12. The quantitative estimate of drug-likeness (QED) is 0.860. The van der Waals surface area contributed by atoms with Crippen molar-refractivity contribution >= 4 is 0 Å². The summed E-state index contributed by atoms with van der Waals surface area (Å²) >= 11 is 0. The van der Waals surface area contributed by atoms with E-state index in [1.54, 1.807) is 12.1 Å². The molecule has 0 saturated heterocycles. The fraction of sp³-hybridized carbons (Fsp3) is 0.0833. The summed E-state index contributed by atoms with van der Waals surface area (Å²) < 4.78 is 18.7. The predicted molar refractivity (Wildman–Crippen MR) is 58.6 cm³/mol. The van der Waals surface area contributed by atoms with E-state index in [4.69, 9.17) is 10.5 Å². The first-order valence-electron chi connectivity index (χ1n) is 4.87. The molecule has 0 fully saturated rings. The van der Waals surface area contributed by atoms with Crippen molar-refractivity contribution in [3.8, 4) is 11.6 Å². The molecule has 0 amide bonds. The number of para-hydroxylation sites is 1. The third kappa shape index (κ3) is 2.17. The van der Waals surface area contributed by atoms with Crippen LogP contribution in [0.15, 0.2) is 42.6 Å². The summed E-state index contributed by atoms with van der Waals surface area (Å²) in [5, 5.41) is 0. The minimum Gasteiger partial charge on any atom is -0.436 e. The first kappa shape index (κ1) is 10.6. The largest absolute Gasteiger partial charge is 0.436 e. The van der Waals surface area contributed by atoms with Gasteiger partial charge in [0.15, 0.2) is 5.82 Å². The molecule has 4 heteroatoms. The molecule has 1 heterocycles. The molecule has 3 nitrogen and oxygen atoms in total. The van der Waals surface area contributed by atoms with Crippen LogP contribution in [0.5, 0.6) is 11.6 Å². The fourth-order valence-corrected chi connectivity index (χ4v) is 1.32. The Morgan fingerprint density at radius 2 is 2.00 bits per heavy atom. The lowest BCUT2D eigenvalue weighted by Crippen LogP contribution is -2.00. The van der Waals surface area contributed by atoms with Gasteiger partial charge in [-0.1, -0.05) is 18.2 Å². The van der Waals surface area contributed by atoms with E-state index >= 15 is 0 Å². The number of halogens is 1. The van der Waals surface area contributed by atoms with Gasteiger partial charge in [-0.25, -0.2) is 9.37 Å². The highest BCUT2D eigenvalue weighted by Gasteiger charge is 2.07. The van der Waals surface area contributed by atoms with E-state index in [9.17, 15) is 4.39 Å². The molecule has 2 aromatic rings. The maximum absolute atomic E-state index is 13.3. The van der Waals surface area contributed by atoms with Crippen molar-refractivity contribution in [2.75, 3.05) is 0 Å². The first-order valence-corrected chi connectivity index (χ1v) is 4.87. The van der Waals surface area contributed by atoms with Crippen LogP contribution in [0.2, 0.25) is 0 Å². The minimum atomic E-state index is -0.491. The third-order valence-electron chi connectivity index (χ3n) is 2.12. The summed E-state index contributed by atoms with van der Waals surface area (Å²) in [4.78, 5) is 3.81. The highest BCUT2D eigenvalue weighted by molar-refractivity contribution is 5.36. The normalized spacial score (nSPS) is 10.1.